The summed E-state index contributed by atoms with van der Waals surface area (Å²) in [6.07, 6.45) is 3.75. The zero-order valence-electron chi connectivity index (χ0n) is 12.4. The number of aryl methyl sites for hydroxylation is 2. The molecule has 1 fully saturated rings. The highest BCUT2D eigenvalue weighted by atomic mass is 16.4. The maximum atomic E-state index is 11.0. The van der Waals surface area contributed by atoms with Crippen molar-refractivity contribution in [3.8, 4) is 0 Å². The Balaban J connectivity index is 1.74. The summed E-state index contributed by atoms with van der Waals surface area (Å²) in [5, 5.41) is 9.04. The molecule has 1 saturated heterocycles. The lowest BCUT2D eigenvalue weighted by Gasteiger charge is -2.15. The Morgan fingerprint density at radius 2 is 2.05 bits per heavy atom. The molecule has 0 atom stereocenters. The average molecular weight is 287 g/mol. The van der Waals surface area contributed by atoms with Crippen molar-refractivity contribution < 1.29 is 9.90 Å². The van der Waals surface area contributed by atoms with E-state index in [1.165, 1.54) is 25.9 Å². The van der Waals surface area contributed by atoms with Crippen LogP contribution in [0.1, 0.15) is 35.4 Å². The largest absolute Gasteiger partial charge is 0.478 e. The number of carbonyl (C=O) groups is 1. The third-order valence-electron chi connectivity index (χ3n) is 4.24. The highest BCUT2D eigenvalue weighted by Gasteiger charge is 2.13. The second-order valence-corrected chi connectivity index (χ2v) is 5.72. The Bertz CT molecular complexity index is 657. The third kappa shape index (κ3) is 2.93. The van der Waals surface area contributed by atoms with Gasteiger partial charge in [-0.15, -0.1) is 0 Å². The van der Waals surface area contributed by atoms with Crippen LogP contribution in [-0.2, 0) is 6.54 Å². The molecule has 5 nitrogen and oxygen atoms in total. The minimum Gasteiger partial charge on any atom is -0.478 e. The Kier molecular flexibility index (Phi) is 3.92. The molecular weight excluding hydrogens is 266 g/mol. The van der Waals surface area contributed by atoms with Crippen molar-refractivity contribution in [1.82, 2.24) is 14.5 Å². The summed E-state index contributed by atoms with van der Waals surface area (Å²) in [4.78, 5) is 18.0. The second kappa shape index (κ2) is 5.85. The zero-order valence-corrected chi connectivity index (χ0v) is 12.4. The van der Waals surface area contributed by atoms with E-state index in [-0.39, 0.29) is 0 Å². The molecule has 1 N–H and O–H groups in total. The first kappa shape index (κ1) is 14.1. The standard InChI is InChI=1S/C16H21N3O2/c1-12-17-14-11-13(16(20)21)5-6-15(14)19(12)10-4-9-18-7-2-3-8-18/h5-6,11H,2-4,7-10H2,1H3,(H,20,21). The first-order valence-electron chi connectivity index (χ1n) is 7.58. The van der Waals surface area contributed by atoms with E-state index in [2.05, 4.69) is 14.5 Å². The van der Waals surface area contributed by atoms with E-state index in [4.69, 9.17) is 5.11 Å². The average Bonchev–Trinajstić information content (AvgIpc) is 3.06. The minimum absolute atomic E-state index is 0.296. The number of likely N-dealkylation sites (tertiary alicyclic amines) is 1. The van der Waals surface area contributed by atoms with Crippen LogP contribution in [0, 0.1) is 6.92 Å². The van der Waals surface area contributed by atoms with Crippen LogP contribution in [0.2, 0.25) is 0 Å². The number of aromatic nitrogens is 2. The van der Waals surface area contributed by atoms with Crippen molar-refractivity contribution in [3.05, 3.63) is 29.6 Å². The molecule has 0 unspecified atom stereocenters. The smallest absolute Gasteiger partial charge is 0.335 e. The quantitative estimate of drug-likeness (QED) is 0.918. The molecule has 2 aromatic rings. The van der Waals surface area contributed by atoms with Gasteiger partial charge in [0.2, 0.25) is 0 Å². The molecular formula is C16H21N3O2. The lowest BCUT2D eigenvalue weighted by atomic mass is 10.2. The van der Waals surface area contributed by atoms with Gasteiger partial charge in [-0.1, -0.05) is 0 Å². The van der Waals surface area contributed by atoms with E-state index in [0.717, 1.165) is 36.4 Å². The molecule has 1 aromatic heterocycles. The van der Waals surface area contributed by atoms with Crippen molar-refractivity contribution in [2.24, 2.45) is 0 Å². The van der Waals surface area contributed by atoms with Gasteiger partial charge in [0.1, 0.15) is 5.82 Å². The number of fused-ring (bicyclic) bond motifs is 1. The molecule has 0 saturated carbocycles. The normalized spacial score (nSPS) is 15.9. The fourth-order valence-corrected chi connectivity index (χ4v) is 3.12. The second-order valence-electron chi connectivity index (χ2n) is 5.72. The number of imidazole rings is 1. The van der Waals surface area contributed by atoms with Gasteiger partial charge in [0.05, 0.1) is 16.6 Å². The number of nitrogens with zero attached hydrogens (tertiary/aromatic N) is 3. The van der Waals surface area contributed by atoms with Crippen molar-refractivity contribution >= 4 is 17.0 Å². The van der Waals surface area contributed by atoms with E-state index < -0.39 is 5.97 Å². The molecule has 5 heteroatoms. The number of carboxylic acid groups (broad SMARTS) is 1. The summed E-state index contributed by atoms with van der Waals surface area (Å²) in [5.74, 6) is 0.0482. The van der Waals surface area contributed by atoms with Crippen molar-refractivity contribution in [2.45, 2.75) is 32.7 Å². The fraction of sp³-hybridized carbons (Fsp3) is 0.500. The number of rotatable bonds is 5. The van der Waals surface area contributed by atoms with Gasteiger partial charge in [0.25, 0.3) is 0 Å². The molecule has 0 spiro atoms. The summed E-state index contributed by atoms with van der Waals surface area (Å²) in [6.45, 7) is 6.51. The zero-order chi connectivity index (χ0) is 14.8. The first-order chi connectivity index (χ1) is 10.1. The highest BCUT2D eigenvalue weighted by molar-refractivity contribution is 5.92. The Labute approximate surface area is 124 Å². The maximum absolute atomic E-state index is 11.0. The van der Waals surface area contributed by atoms with E-state index in [1.54, 1.807) is 12.1 Å². The third-order valence-corrected chi connectivity index (χ3v) is 4.24. The van der Waals surface area contributed by atoms with E-state index in [1.807, 2.05) is 13.0 Å². The first-order valence-corrected chi connectivity index (χ1v) is 7.58. The summed E-state index contributed by atoms with van der Waals surface area (Å²) in [5.41, 5.74) is 2.09. The summed E-state index contributed by atoms with van der Waals surface area (Å²) in [6, 6.07) is 5.18. The van der Waals surface area contributed by atoms with Crippen molar-refractivity contribution in [2.75, 3.05) is 19.6 Å². The molecule has 0 aliphatic carbocycles. The molecule has 1 aliphatic rings. The molecule has 1 aliphatic heterocycles. The van der Waals surface area contributed by atoms with E-state index in [9.17, 15) is 4.79 Å². The molecule has 112 valence electrons. The summed E-state index contributed by atoms with van der Waals surface area (Å²) >= 11 is 0. The van der Waals surface area contributed by atoms with Crippen LogP contribution in [0.3, 0.4) is 0 Å². The van der Waals surface area contributed by atoms with Crippen LogP contribution in [0.15, 0.2) is 18.2 Å². The Hall–Kier alpha value is -1.88. The lowest BCUT2D eigenvalue weighted by molar-refractivity contribution is 0.0697. The maximum Gasteiger partial charge on any atom is 0.335 e. The van der Waals surface area contributed by atoms with Gasteiger partial charge in [-0.3, -0.25) is 0 Å². The van der Waals surface area contributed by atoms with Crippen LogP contribution in [0.4, 0.5) is 0 Å². The Morgan fingerprint density at radius 1 is 1.29 bits per heavy atom. The monoisotopic (exact) mass is 287 g/mol. The molecule has 1 aromatic carbocycles. The van der Waals surface area contributed by atoms with Crippen molar-refractivity contribution in [1.29, 1.82) is 0 Å². The van der Waals surface area contributed by atoms with Crippen LogP contribution in [0.5, 0.6) is 0 Å². The van der Waals surface area contributed by atoms with Gasteiger partial charge in [0, 0.05) is 6.54 Å². The lowest BCUT2D eigenvalue weighted by Crippen LogP contribution is -2.21. The number of carboxylic acids is 1. The van der Waals surface area contributed by atoms with Crippen LogP contribution in [-0.4, -0.2) is 45.2 Å². The summed E-state index contributed by atoms with van der Waals surface area (Å²) < 4.78 is 2.19. The number of hydrogen-bond donors (Lipinski definition) is 1. The van der Waals surface area contributed by atoms with Crippen LogP contribution in [0.25, 0.3) is 11.0 Å². The predicted octanol–water partition coefficient (Wildman–Crippen LogP) is 2.53. The minimum atomic E-state index is -0.905. The highest BCUT2D eigenvalue weighted by Crippen LogP contribution is 2.18. The van der Waals surface area contributed by atoms with Gasteiger partial charge >= 0.3 is 5.97 Å². The van der Waals surface area contributed by atoms with Crippen LogP contribution >= 0.6 is 0 Å². The molecule has 2 heterocycles. The number of aromatic carboxylic acids is 1. The molecule has 21 heavy (non-hydrogen) atoms. The number of hydrogen-bond acceptors (Lipinski definition) is 3. The van der Waals surface area contributed by atoms with E-state index in [0.29, 0.717) is 5.56 Å². The molecule has 3 rings (SSSR count). The molecule has 0 radical (unpaired) electrons. The molecule has 0 amide bonds. The topological polar surface area (TPSA) is 58.4 Å². The van der Waals surface area contributed by atoms with Gasteiger partial charge in [-0.2, -0.15) is 0 Å². The predicted molar refractivity (Wildman–Crippen MR) is 81.7 cm³/mol. The van der Waals surface area contributed by atoms with Crippen molar-refractivity contribution in [3.63, 3.8) is 0 Å². The van der Waals surface area contributed by atoms with E-state index >= 15 is 0 Å². The Morgan fingerprint density at radius 3 is 2.76 bits per heavy atom. The fourth-order valence-electron chi connectivity index (χ4n) is 3.12. The SMILES string of the molecule is Cc1nc2cc(C(=O)O)ccc2n1CCCN1CCCC1. The van der Waals surface area contributed by atoms with Crippen LogP contribution < -0.4 is 0 Å². The van der Waals surface area contributed by atoms with Gasteiger partial charge in [0.15, 0.2) is 0 Å². The van der Waals surface area contributed by atoms with Gasteiger partial charge < -0.3 is 14.6 Å². The van der Waals surface area contributed by atoms with Gasteiger partial charge in [-0.25, -0.2) is 9.78 Å². The number of benzene rings is 1. The molecule has 0 bridgehead atoms. The summed E-state index contributed by atoms with van der Waals surface area (Å²) in [7, 11) is 0. The van der Waals surface area contributed by atoms with Gasteiger partial charge in [-0.05, 0) is 64.0 Å².